The molecule has 0 aromatic heterocycles. The first-order valence-corrected chi connectivity index (χ1v) is 16.9. The summed E-state index contributed by atoms with van der Waals surface area (Å²) in [6.45, 7) is 7.27. The maximum absolute atomic E-state index is 14.4. The number of carbonyl (C=O) groups excluding carboxylic acids is 2. The second-order valence-corrected chi connectivity index (χ2v) is 13.6. The van der Waals surface area contributed by atoms with Gasteiger partial charge >= 0.3 is 0 Å². The maximum Gasteiger partial charge on any atom is 0.264 e. The van der Waals surface area contributed by atoms with E-state index in [9.17, 15) is 18.0 Å². The fourth-order valence-corrected chi connectivity index (χ4v) is 7.12. The van der Waals surface area contributed by atoms with Crippen molar-refractivity contribution in [2.75, 3.05) is 18.0 Å². The first-order chi connectivity index (χ1) is 21.0. The van der Waals surface area contributed by atoms with Gasteiger partial charge in [0.05, 0.1) is 17.7 Å². The molecule has 0 heterocycles. The lowest BCUT2D eigenvalue weighted by molar-refractivity contribution is -0.140. The molecule has 1 saturated carbocycles. The number of sulfonamides is 1. The van der Waals surface area contributed by atoms with Crippen molar-refractivity contribution < 1.29 is 22.7 Å². The van der Waals surface area contributed by atoms with Crippen LogP contribution in [0.2, 0.25) is 0 Å². The van der Waals surface area contributed by atoms with Gasteiger partial charge < -0.3 is 15.0 Å². The van der Waals surface area contributed by atoms with Crippen LogP contribution in [0.25, 0.3) is 0 Å². The molecule has 3 aromatic carbocycles. The molecule has 44 heavy (non-hydrogen) atoms. The highest BCUT2D eigenvalue weighted by Crippen LogP contribution is 2.34. The van der Waals surface area contributed by atoms with Crippen molar-refractivity contribution in [3.05, 3.63) is 89.0 Å². The Balaban J connectivity index is 1.75. The minimum atomic E-state index is -4.20. The molecule has 8 nitrogen and oxygen atoms in total. The van der Waals surface area contributed by atoms with Crippen LogP contribution in [0.3, 0.4) is 0 Å². The van der Waals surface area contributed by atoms with E-state index in [1.807, 2.05) is 58.0 Å². The molecule has 0 saturated heterocycles. The Bertz CT molecular complexity index is 1530. The van der Waals surface area contributed by atoms with E-state index in [1.54, 1.807) is 36.4 Å². The summed E-state index contributed by atoms with van der Waals surface area (Å²) in [5.41, 5.74) is 3.92. The van der Waals surface area contributed by atoms with Crippen LogP contribution < -0.4 is 14.4 Å². The molecule has 0 bridgehead atoms. The Morgan fingerprint density at radius 3 is 2.07 bits per heavy atom. The van der Waals surface area contributed by atoms with Crippen LogP contribution in [-0.2, 0) is 26.2 Å². The number of benzene rings is 3. The highest BCUT2D eigenvalue weighted by atomic mass is 32.2. The van der Waals surface area contributed by atoms with Gasteiger partial charge in [-0.2, -0.15) is 0 Å². The molecular weight excluding hydrogens is 574 g/mol. The minimum absolute atomic E-state index is 0.0617. The van der Waals surface area contributed by atoms with Crippen molar-refractivity contribution in [1.82, 2.24) is 10.2 Å². The molecule has 0 aliphatic heterocycles. The van der Waals surface area contributed by atoms with Crippen LogP contribution >= 0.6 is 0 Å². The second-order valence-electron chi connectivity index (χ2n) is 11.8. The van der Waals surface area contributed by atoms with Gasteiger partial charge in [0.2, 0.25) is 11.8 Å². The van der Waals surface area contributed by atoms with E-state index in [0.717, 1.165) is 58.7 Å². The van der Waals surface area contributed by atoms with Gasteiger partial charge in [-0.05, 0) is 75.4 Å². The SMILES string of the molecule is CC[C@H](C(=O)NC1CCCCC1)N(Cc1ccc(C)cc1)C(=O)CN(c1cc(C)ccc1OC)S(=O)(=O)c1ccc(C)cc1. The van der Waals surface area contributed by atoms with Crippen LogP contribution in [0.15, 0.2) is 71.6 Å². The number of nitrogens with one attached hydrogen (secondary N) is 1. The maximum atomic E-state index is 14.4. The van der Waals surface area contributed by atoms with E-state index in [-0.39, 0.29) is 29.1 Å². The molecule has 0 spiro atoms. The number of amides is 2. The normalized spacial score (nSPS) is 14.5. The Morgan fingerprint density at radius 2 is 1.48 bits per heavy atom. The summed E-state index contributed by atoms with van der Waals surface area (Å²) in [7, 11) is -2.73. The summed E-state index contributed by atoms with van der Waals surface area (Å²) in [5.74, 6) is -0.359. The summed E-state index contributed by atoms with van der Waals surface area (Å²) in [6.07, 6.45) is 5.52. The third-order valence-electron chi connectivity index (χ3n) is 8.30. The molecule has 0 unspecified atom stereocenters. The zero-order valence-corrected chi connectivity index (χ0v) is 27.3. The number of carbonyl (C=O) groups is 2. The summed E-state index contributed by atoms with van der Waals surface area (Å²) in [5, 5.41) is 3.19. The average molecular weight is 620 g/mol. The van der Waals surface area contributed by atoms with Crippen LogP contribution in [0.4, 0.5) is 5.69 Å². The number of anilines is 1. The van der Waals surface area contributed by atoms with E-state index in [0.29, 0.717) is 12.2 Å². The number of hydrogen-bond donors (Lipinski definition) is 1. The van der Waals surface area contributed by atoms with Crippen molar-refractivity contribution in [2.45, 2.75) is 89.7 Å². The highest BCUT2D eigenvalue weighted by Gasteiger charge is 2.35. The molecule has 236 valence electrons. The van der Waals surface area contributed by atoms with Crippen LogP contribution in [0, 0.1) is 20.8 Å². The fourth-order valence-electron chi connectivity index (χ4n) is 5.70. The molecule has 1 aliphatic carbocycles. The number of rotatable bonds is 12. The average Bonchev–Trinajstić information content (AvgIpc) is 3.01. The molecule has 9 heteroatoms. The van der Waals surface area contributed by atoms with Crippen LogP contribution in [0.5, 0.6) is 5.75 Å². The largest absolute Gasteiger partial charge is 0.495 e. The minimum Gasteiger partial charge on any atom is -0.495 e. The third kappa shape index (κ3) is 8.00. The lowest BCUT2D eigenvalue weighted by Crippen LogP contribution is -2.54. The lowest BCUT2D eigenvalue weighted by Gasteiger charge is -2.34. The van der Waals surface area contributed by atoms with Crippen molar-refractivity contribution in [3.8, 4) is 5.75 Å². The molecule has 1 atom stereocenters. The number of aryl methyl sites for hydroxylation is 3. The second kappa shape index (κ2) is 14.8. The summed E-state index contributed by atoms with van der Waals surface area (Å²) in [6, 6.07) is 18.9. The number of methoxy groups -OCH3 is 1. The van der Waals surface area contributed by atoms with E-state index in [2.05, 4.69) is 5.32 Å². The highest BCUT2D eigenvalue weighted by molar-refractivity contribution is 7.92. The van der Waals surface area contributed by atoms with Gasteiger partial charge in [0.1, 0.15) is 18.3 Å². The van der Waals surface area contributed by atoms with E-state index >= 15 is 0 Å². The Kier molecular flexibility index (Phi) is 11.1. The van der Waals surface area contributed by atoms with Crippen LogP contribution in [0.1, 0.15) is 67.7 Å². The topological polar surface area (TPSA) is 96.0 Å². The Morgan fingerprint density at radius 1 is 0.886 bits per heavy atom. The fraction of sp³-hybridized carbons (Fsp3) is 0.429. The molecular formula is C35H45N3O5S. The van der Waals surface area contributed by atoms with Gasteiger partial charge in [0, 0.05) is 12.6 Å². The third-order valence-corrected chi connectivity index (χ3v) is 10.1. The van der Waals surface area contributed by atoms with E-state index < -0.39 is 28.5 Å². The monoisotopic (exact) mass is 619 g/mol. The van der Waals surface area contributed by atoms with Gasteiger partial charge in [-0.15, -0.1) is 0 Å². The van der Waals surface area contributed by atoms with Crippen molar-refractivity contribution in [2.24, 2.45) is 0 Å². The van der Waals surface area contributed by atoms with Crippen molar-refractivity contribution >= 4 is 27.5 Å². The molecule has 2 amide bonds. The molecule has 4 rings (SSSR count). The predicted octanol–water partition coefficient (Wildman–Crippen LogP) is 6.07. The van der Waals surface area contributed by atoms with Gasteiger partial charge in [-0.1, -0.05) is 79.8 Å². The number of hydrogen-bond acceptors (Lipinski definition) is 5. The quantitative estimate of drug-likeness (QED) is 0.266. The summed E-state index contributed by atoms with van der Waals surface area (Å²) < 4.78 is 35.2. The molecule has 1 fully saturated rings. The first-order valence-electron chi connectivity index (χ1n) is 15.4. The standard InChI is InChI=1S/C35H45N3O5S/c1-6-31(35(40)36-29-10-8-7-9-11-29)37(23-28-17-12-25(2)13-18-28)34(39)24-38(32-22-27(4)16-21-33(32)43-5)44(41,42)30-19-14-26(3)15-20-30/h12-22,29,31H,6-11,23-24H2,1-5H3,(H,36,40)/t31-/m1/s1. The smallest absolute Gasteiger partial charge is 0.264 e. The van der Waals surface area contributed by atoms with Crippen molar-refractivity contribution in [1.29, 1.82) is 0 Å². The molecule has 0 radical (unpaired) electrons. The first kappa shape index (κ1) is 33.1. The van der Waals surface area contributed by atoms with Crippen LogP contribution in [-0.4, -0.2) is 50.9 Å². The lowest BCUT2D eigenvalue weighted by atomic mass is 9.95. The molecule has 3 aromatic rings. The van der Waals surface area contributed by atoms with Gasteiger partial charge in [0.25, 0.3) is 10.0 Å². The predicted molar refractivity (Wildman–Crippen MR) is 174 cm³/mol. The molecule has 1 N–H and O–H groups in total. The number of ether oxygens (including phenoxy) is 1. The molecule has 1 aliphatic rings. The Labute approximate surface area is 262 Å². The summed E-state index contributed by atoms with van der Waals surface area (Å²) in [4.78, 5) is 29.7. The van der Waals surface area contributed by atoms with Gasteiger partial charge in [0.15, 0.2) is 0 Å². The van der Waals surface area contributed by atoms with E-state index in [1.165, 1.54) is 12.0 Å². The Hall–Kier alpha value is -3.85. The number of nitrogens with zero attached hydrogens (tertiary/aromatic N) is 2. The van der Waals surface area contributed by atoms with Gasteiger partial charge in [-0.3, -0.25) is 13.9 Å². The van der Waals surface area contributed by atoms with Gasteiger partial charge in [-0.25, -0.2) is 8.42 Å². The zero-order valence-electron chi connectivity index (χ0n) is 26.5. The summed E-state index contributed by atoms with van der Waals surface area (Å²) >= 11 is 0. The van der Waals surface area contributed by atoms with E-state index in [4.69, 9.17) is 4.74 Å². The van der Waals surface area contributed by atoms with Crippen molar-refractivity contribution in [3.63, 3.8) is 0 Å². The zero-order chi connectivity index (χ0) is 31.9.